The fourth-order valence-corrected chi connectivity index (χ4v) is 1.91. The predicted molar refractivity (Wildman–Crippen MR) is 63.4 cm³/mol. The van der Waals surface area contributed by atoms with Crippen molar-refractivity contribution in [2.45, 2.75) is 32.7 Å². The number of ether oxygens (including phenoxy) is 1. The normalized spacial score (nSPS) is 23.6. The van der Waals surface area contributed by atoms with Gasteiger partial charge in [0.1, 0.15) is 11.5 Å². The molecule has 1 saturated carbocycles. The second kappa shape index (κ2) is 5.51. The van der Waals surface area contributed by atoms with Gasteiger partial charge in [0.2, 0.25) is 0 Å². The number of nitrogens with one attached hydrogen (secondary N) is 1. The summed E-state index contributed by atoms with van der Waals surface area (Å²) in [7, 11) is 0. The molecule has 0 radical (unpaired) electrons. The number of hydrogen-bond acceptors (Lipinski definition) is 3. The van der Waals surface area contributed by atoms with Crippen LogP contribution in [0.15, 0.2) is 16.5 Å². The average Bonchev–Trinajstić information content (AvgIpc) is 2.83. The van der Waals surface area contributed by atoms with E-state index in [2.05, 4.69) is 24.4 Å². The summed E-state index contributed by atoms with van der Waals surface area (Å²) in [6.07, 6.45) is 1.28. The summed E-state index contributed by atoms with van der Waals surface area (Å²) in [5.74, 6) is 3.68. The van der Waals surface area contributed by atoms with Crippen LogP contribution >= 0.6 is 0 Å². The molecule has 1 heterocycles. The van der Waals surface area contributed by atoms with Gasteiger partial charge in [-0.2, -0.15) is 0 Å². The van der Waals surface area contributed by atoms with E-state index in [-0.39, 0.29) is 0 Å². The van der Waals surface area contributed by atoms with E-state index < -0.39 is 0 Å². The fourth-order valence-electron chi connectivity index (χ4n) is 1.91. The molecule has 3 heteroatoms. The Morgan fingerprint density at radius 1 is 1.50 bits per heavy atom. The lowest BCUT2D eigenvalue weighted by Gasteiger charge is -2.02. The molecule has 0 spiro atoms. The van der Waals surface area contributed by atoms with E-state index in [9.17, 15) is 0 Å². The first kappa shape index (κ1) is 11.7. The van der Waals surface area contributed by atoms with E-state index in [1.807, 2.05) is 6.92 Å². The summed E-state index contributed by atoms with van der Waals surface area (Å²) < 4.78 is 11.0. The average molecular weight is 223 g/mol. The van der Waals surface area contributed by atoms with Crippen molar-refractivity contribution >= 4 is 0 Å². The standard InChI is InChI=1S/C13H21NO2/c1-3-15-7-6-14-9-11-4-5-13(16-11)12-8-10(12)2/h4-5,10,12,14H,3,6-9H2,1-2H3. The van der Waals surface area contributed by atoms with Crippen LogP contribution in [0.4, 0.5) is 0 Å². The van der Waals surface area contributed by atoms with Gasteiger partial charge < -0.3 is 14.5 Å². The van der Waals surface area contributed by atoms with Gasteiger partial charge in [0.05, 0.1) is 13.2 Å². The summed E-state index contributed by atoms with van der Waals surface area (Å²) >= 11 is 0. The quantitative estimate of drug-likeness (QED) is 0.721. The van der Waals surface area contributed by atoms with Gasteiger partial charge in [0, 0.05) is 19.1 Å². The van der Waals surface area contributed by atoms with Crippen LogP contribution < -0.4 is 5.32 Å². The molecule has 1 aromatic rings. The Kier molecular flexibility index (Phi) is 4.02. The zero-order chi connectivity index (χ0) is 11.4. The summed E-state index contributed by atoms with van der Waals surface area (Å²) in [6.45, 7) is 7.51. The highest BCUT2D eigenvalue weighted by atomic mass is 16.5. The fraction of sp³-hybridized carbons (Fsp3) is 0.692. The topological polar surface area (TPSA) is 34.4 Å². The number of hydrogen-bond donors (Lipinski definition) is 1. The van der Waals surface area contributed by atoms with Gasteiger partial charge in [-0.1, -0.05) is 6.92 Å². The molecule has 1 fully saturated rings. The van der Waals surface area contributed by atoms with Crippen LogP contribution in [0, 0.1) is 5.92 Å². The van der Waals surface area contributed by atoms with E-state index in [0.717, 1.165) is 43.7 Å². The molecule has 1 aliphatic carbocycles. The molecule has 2 rings (SSSR count). The van der Waals surface area contributed by atoms with Crippen LogP contribution in [0.3, 0.4) is 0 Å². The molecule has 16 heavy (non-hydrogen) atoms. The summed E-state index contributed by atoms with van der Waals surface area (Å²) in [5.41, 5.74) is 0. The van der Waals surface area contributed by atoms with Gasteiger partial charge in [-0.15, -0.1) is 0 Å². The van der Waals surface area contributed by atoms with E-state index >= 15 is 0 Å². The van der Waals surface area contributed by atoms with Gasteiger partial charge in [-0.3, -0.25) is 0 Å². The van der Waals surface area contributed by atoms with Crippen molar-refractivity contribution in [1.82, 2.24) is 5.32 Å². The maximum absolute atomic E-state index is 5.78. The zero-order valence-electron chi connectivity index (χ0n) is 10.2. The Morgan fingerprint density at radius 2 is 2.31 bits per heavy atom. The molecule has 0 saturated heterocycles. The highest BCUT2D eigenvalue weighted by molar-refractivity contribution is 5.17. The number of rotatable bonds is 7. The molecular weight excluding hydrogens is 202 g/mol. The Labute approximate surface area is 97.2 Å². The monoisotopic (exact) mass is 223 g/mol. The van der Waals surface area contributed by atoms with E-state index in [0.29, 0.717) is 5.92 Å². The van der Waals surface area contributed by atoms with Crippen LogP contribution in [0.2, 0.25) is 0 Å². The van der Waals surface area contributed by atoms with E-state index in [4.69, 9.17) is 9.15 Å². The second-order valence-corrected chi connectivity index (χ2v) is 4.50. The van der Waals surface area contributed by atoms with Crippen molar-refractivity contribution in [3.05, 3.63) is 23.7 Å². The van der Waals surface area contributed by atoms with Gasteiger partial charge in [-0.05, 0) is 31.4 Å². The molecule has 2 unspecified atom stereocenters. The second-order valence-electron chi connectivity index (χ2n) is 4.50. The molecule has 3 nitrogen and oxygen atoms in total. The van der Waals surface area contributed by atoms with Gasteiger partial charge >= 0.3 is 0 Å². The predicted octanol–water partition coefficient (Wildman–Crippen LogP) is 2.53. The molecule has 0 aliphatic heterocycles. The zero-order valence-corrected chi connectivity index (χ0v) is 10.2. The molecule has 90 valence electrons. The first-order valence-electron chi connectivity index (χ1n) is 6.18. The maximum Gasteiger partial charge on any atom is 0.117 e. The van der Waals surface area contributed by atoms with Crippen molar-refractivity contribution in [3.8, 4) is 0 Å². The molecular formula is C13H21NO2. The summed E-state index contributed by atoms with van der Waals surface area (Å²) in [4.78, 5) is 0. The van der Waals surface area contributed by atoms with Crippen molar-refractivity contribution in [1.29, 1.82) is 0 Å². The molecule has 2 atom stereocenters. The Balaban J connectivity index is 1.67. The summed E-state index contributed by atoms with van der Waals surface area (Å²) in [5, 5.41) is 3.30. The van der Waals surface area contributed by atoms with Gasteiger partial charge in [-0.25, -0.2) is 0 Å². The van der Waals surface area contributed by atoms with Crippen molar-refractivity contribution in [2.75, 3.05) is 19.8 Å². The van der Waals surface area contributed by atoms with Crippen molar-refractivity contribution < 1.29 is 9.15 Å². The first-order valence-corrected chi connectivity index (χ1v) is 6.18. The largest absolute Gasteiger partial charge is 0.464 e. The molecule has 0 bridgehead atoms. The van der Waals surface area contributed by atoms with Crippen LogP contribution in [-0.2, 0) is 11.3 Å². The van der Waals surface area contributed by atoms with Crippen LogP contribution in [0.1, 0.15) is 37.7 Å². The molecule has 0 aromatic carbocycles. The minimum absolute atomic E-state index is 0.678. The Bertz CT molecular complexity index is 321. The molecule has 1 aromatic heterocycles. The third-order valence-electron chi connectivity index (χ3n) is 3.08. The van der Waals surface area contributed by atoms with Crippen LogP contribution in [0.5, 0.6) is 0 Å². The summed E-state index contributed by atoms with van der Waals surface area (Å²) in [6, 6.07) is 4.20. The first-order chi connectivity index (χ1) is 7.81. The highest BCUT2D eigenvalue weighted by Crippen LogP contribution is 2.47. The Hall–Kier alpha value is -0.800. The van der Waals surface area contributed by atoms with Gasteiger partial charge in [0.15, 0.2) is 0 Å². The maximum atomic E-state index is 5.78. The lowest BCUT2D eigenvalue weighted by Crippen LogP contribution is -2.18. The van der Waals surface area contributed by atoms with E-state index in [1.54, 1.807) is 0 Å². The van der Waals surface area contributed by atoms with Crippen LogP contribution in [-0.4, -0.2) is 19.8 Å². The Morgan fingerprint density at radius 3 is 3.00 bits per heavy atom. The molecule has 1 aliphatic rings. The SMILES string of the molecule is CCOCCNCc1ccc(C2CC2C)o1. The third-order valence-corrected chi connectivity index (χ3v) is 3.08. The lowest BCUT2D eigenvalue weighted by atomic mass is 10.3. The third kappa shape index (κ3) is 3.09. The highest BCUT2D eigenvalue weighted by Gasteiger charge is 2.36. The van der Waals surface area contributed by atoms with E-state index in [1.165, 1.54) is 6.42 Å². The molecule has 0 amide bonds. The minimum atomic E-state index is 0.678. The smallest absolute Gasteiger partial charge is 0.117 e. The molecule has 1 N–H and O–H groups in total. The number of furan rings is 1. The van der Waals surface area contributed by atoms with Gasteiger partial charge in [0.25, 0.3) is 0 Å². The van der Waals surface area contributed by atoms with Crippen LogP contribution in [0.25, 0.3) is 0 Å². The van der Waals surface area contributed by atoms with Crippen molar-refractivity contribution in [2.24, 2.45) is 5.92 Å². The van der Waals surface area contributed by atoms with Crippen molar-refractivity contribution in [3.63, 3.8) is 0 Å². The minimum Gasteiger partial charge on any atom is -0.464 e. The lowest BCUT2D eigenvalue weighted by molar-refractivity contribution is 0.148.